The van der Waals surface area contributed by atoms with Crippen LogP contribution in [0, 0.1) is 4.91 Å². The first-order valence-electron chi connectivity index (χ1n) is 5.36. The highest BCUT2D eigenvalue weighted by molar-refractivity contribution is 6.20. The van der Waals surface area contributed by atoms with E-state index in [4.69, 9.17) is 25.8 Å². The van der Waals surface area contributed by atoms with Gasteiger partial charge in [0, 0.05) is 20.3 Å². The van der Waals surface area contributed by atoms with E-state index in [1.165, 1.54) is 13.8 Å². The van der Waals surface area contributed by atoms with E-state index < -0.39 is 35.8 Å². The number of nitroso groups, excluding NO2 is 1. The molecule has 0 saturated carbocycles. The summed E-state index contributed by atoms with van der Waals surface area (Å²) < 4.78 is 15.1. The molecule has 0 aromatic carbocycles. The Morgan fingerprint density at radius 2 is 2.06 bits per heavy atom. The molecule has 0 aliphatic carbocycles. The van der Waals surface area contributed by atoms with Gasteiger partial charge in [0.25, 0.3) is 0 Å². The number of nitrogens with zero attached hydrogens (tertiary/aromatic N) is 1. The number of hydrogen-bond acceptors (Lipinski definition) is 7. The van der Waals surface area contributed by atoms with Crippen LogP contribution in [0.1, 0.15) is 20.3 Å². The van der Waals surface area contributed by atoms with Crippen LogP contribution in [0.5, 0.6) is 0 Å². The van der Waals surface area contributed by atoms with Gasteiger partial charge in [-0.25, -0.2) is 0 Å². The maximum Gasteiger partial charge on any atom is 0.302 e. The zero-order chi connectivity index (χ0) is 13.7. The number of carbonyl (C=O) groups is 2. The first-order valence-corrected chi connectivity index (χ1v) is 5.80. The van der Waals surface area contributed by atoms with Crippen molar-refractivity contribution < 1.29 is 23.8 Å². The van der Waals surface area contributed by atoms with Gasteiger partial charge >= 0.3 is 11.9 Å². The molecule has 102 valence electrons. The molecule has 0 unspecified atom stereocenters. The molecule has 1 saturated heterocycles. The first-order chi connectivity index (χ1) is 8.43. The van der Waals surface area contributed by atoms with Crippen molar-refractivity contribution in [3.8, 4) is 0 Å². The number of ether oxygens (including phenoxy) is 3. The van der Waals surface area contributed by atoms with Crippen LogP contribution >= 0.6 is 11.6 Å². The number of esters is 2. The van der Waals surface area contributed by atoms with Crippen LogP contribution in [0.3, 0.4) is 0 Å². The molecule has 0 aromatic rings. The maximum atomic E-state index is 10.9. The molecule has 0 amide bonds. The summed E-state index contributed by atoms with van der Waals surface area (Å²) in [7, 11) is 0. The quantitative estimate of drug-likeness (QED) is 0.433. The number of alkyl halides is 1. The van der Waals surface area contributed by atoms with Gasteiger partial charge in [-0.1, -0.05) is 16.8 Å². The Morgan fingerprint density at radius 3 is 2.56 bits per heavy atom. The van der Waals surface area contributed by atoms with Crippen molar-refractivity contribution in [3.63, 3.8) is 0 Å². The van der Waals surface area contributed by atoms with E-state index in [9.17, 15) is 14.5 Å². The molecule has 1 aliphatic heterocycles. The lowest BCUT2D eigenvalue weighted by molar-refractivity contribution is -0.175. The van der Waals surface area contributed by atoms with Crippen molar-refractivity contribution in [2.45, 2.75) is 44.1 Å². The summed E-state index contributed by atoms with van der Waals surface area (Å²) in [5.41, 5.74) is -0.921. The Kier molecular flexibility index (Phi) is 5.49. The Labute approximate surface area is 109 Å². The van der Waals surface area contributed by atoms with E-state index in [-0.39, 0.29) is 13.0 Å². The molecule has 1 rings (SSSR count). The fourth-order valence-corrected chi connectivity index (χ4v) is 1.90. The normalized spacial score (nSPS) is 31.5. The lowest BCUT2D eigenvalue weighted by Gasteiger charge is -2.35. The molecular weight excluding hydrogens is 266 g/mol. The van der Waals surface area contributed by atoms with Gasteiger partial charge in [-0.05, 0) is 0 Å². The van der Waals surface area contributed by atoms with Crippen LogP contribution in [-0.2, 0) is 23.8 Å². The topological polar surface area (TPSA) is 91.3 Å². The van der Waals surface area contributed by atoms with Crippen LogP contribution in [0.15, 0.2) is 5.18 Å². The molecule has 0 spiro atoms. The molecule has 18 heavy (non-hydrogen) atoms. The van der Waals surface area contributed by atoms with Crippen LogP contribution in [0.2, 0.25) is 0 Å². The Hall–Kier alpha value is -1.21. The van der Waals surface area contributed by atoms with Gasteiger partial charge in [0.2, 0.25) is 0 Å². The summed E-state index contributed by atoms with van der Waals surface area (Å²) in [6.07, 6.45) is -1.26. The predicted molar refractivity (Wildman–Crippen MR) is 60.9 cm³/mol. The van der Waals surface area contributed by atoms with Crippen molar-refractivity contribution in [1.82, 2.24) is 0 Å². The number of rotatable bonds is 4. The Morgan fingerprint density at radius 1 is 1.39 bits per heavy atom. The average molecular weight is 280 g/mol. The highest BCUT2D eigenvalue weighted by atomic mass is 35.5. The molecule has 1 heterocycles. The van der Waals surface area contributed by atoms with E-state index in [2.05, 4.69) is 5.18 Å². The van der Waals surface area contributed by atoms with Gasteiger partial charge < -0.3 is 14.2 Å². The maximum absolute atomic E-state index is 10.9. The molecule has 1 aliphatic rings. The van der Waals surface area contributed by atoms with Crippen molar-refractivity contribution in [2.75, 3.05) is 6.61 Å². The highest BCUT2D eigenvalue weighted by Crippen LogP contribution is 2.27. The Bertz CT molecular complexity index is 336. The molecule has 0 radical (unpaired) electrons. The number of halogens is 1. The summed E-state index contributed by atoms with van der Waals surface area (Å²) >= 11 is 5.80. The smallest absolute Gasteiger partial charge is 0.302 e. The van der Waals surface area contributed by atoms with Crippen molar-refractivity contribution in [3.05, 3.63) is 4.91 Å². The first kappa shape index (κ1) is 14.8. The van der Waals surface area contributed by atoms with E-state index in [0.29, 0.717) is 0 Å². The van der Waals surface area contributed by atoms with Gasteiger partial charge in [0.1, 0.15) is 24.9 Å². The second-order valence-electron chi connectivity index (χ2n) is 3.88. The van der Waals surface area contributed by atoms with Gasteiger partial charge in [-0.15, -0.1) is 0 Å². The average Bonchev–Trinajstić information content (AvgIpc) is 2.28. The molecule has 4 atom stereocenters. The molecule has 0 bridgehead atoms. The van der Waals surface area contributed by atoms with Crippen molar-refractivity contribution >= 4 is 23.5 Å². The standard InChI is InChI=1S/C10H14ClNO6/c1-5(13)16-4-9-8(17-6(2)14)3-7(12-15)10(11)18-9/h7-10H,3-4H2,1-2H3/t7-,8-,9-,10+/m1/s1. The van der Waals surface area contributed by atoms with Crippen molar-refractivity contribution in [1.29, 1.82) is 0 Å². The third-order valence-corrected chi connectivity index (χ3v) is 2.79. The van der Waals surface area contributed by atoms with Crippen LogP contribution < -0.4 is 0 Å². The minimum Gasteiger partial charge on any atom is -0.463 e. The summed E-state index contributed by atoms with van der Waals surface area (Å²) in [4.78, 5) is 32.2. The van der Waals surface area contributed by atoms with Gasteiger partial charge in [-0.3, -0.25) is 9.59 Å². The number of hydrogen-bond donors (Lipinski definition) is 0. The second-order valence-corrected chi connectivity index (χ2v) is 4.31. The van der Waals surface area contributed by atoms with E-state index >= 15 is 0 Å². The summed E-state index contributed by atoms with van der Waals surface area (Å²) in [5.74, 6) is -1.00. The molecule has 0 N–H and O–H groups in total. The van der Waals surface area contributed by atoms with Crippen LogP contribution in [0.25, 0.3) is 0 Å². The van der Waals surface area contributed by atoms with Crippen LogP contribution in [0.4, 0.5) is 0 Å². The summed E-state index contributed by atoms with van der Waals surface area (Å²) in [6.45, 7) is 2.39. The summed E-state index contributed by atoms with van der Waals surface area (Å²) in [5, 5.41) is 2.81. The zero-order valence-corrected chi connectivity index (χ0v) is 10.8. The predicted octanol–water partition coefficient (Wildman–Crippen LogP) is 0.970. The van der Waals surface area contributed by atoms with Crippen LogP contribution in [-0.4, -0.2) is 42.4 Å². The van der Waals surface area contributed by atoms with Gasteiger partial charge in [0.15, 0.2) is 5.56 Å². The SMILES string of the molecule is CC(=O)OC[C@H]1O[C@H](Cl)[C@H](N=O)C[C@H]1OC(C)=O. The monoisotopic (exact) mass is 279 g/mol. The molecule has 0 aromatic heterocycles. The summed E-state index contributed by atoms with van der Waals surface area (Å²) in [6, 6.07) is -0.801. The fourth-order valence-electron chi connectivity index (χ4n) is 1.62. The fraction of sp³-hybridized carbons (Fsp3) is 0.800. The number of carbonyl (C=O) groups excluding carboxylic acids is 2. The third kappa shape index (κ3) is 4.23. The minimum atomic E-state index is -0.921. The van der Waals surface area contributed by atoms with E-state index in [1.807, 2.05) is 0 Å². The van der Waals surface area contributed by atoms with Gasteiger partial charge in [-0.2, -0.15) is 4.91 Å². The van der Waals surface area contributed by atoms with Crippen molar-refractivity contribution in [2.24, 2.45) is 5.18 Å². The van der Waals surface area contributed by atoms with E-state index in [1.54, 1.807) is 0 Å². The zero-order valence-electron chi connectivity index (χ0n) is 10.00. The molecule has 1 fully saturated rings. The van der Waals surface area contributed by atoms with Gasteiger partial charge in [0.05, 0.1) is 0 Å². The largest absolute Gasteiger partial charge is 0.463 e. The van der Waals surface area contributed by atoms with E-state index in [0.717, 1.165) is 0 Å². The molecule has 8 heteroatoms. The lowest BCUT2D eigenvalue weighted by Crippen LogP contribution is -2.48. The second kappa shape index (κ2) is 6.65. The molecule has 7 nitrogen and oxygen atoms in total. The third-order valence-electron chi connectivity index (χ3n) is 2.40. The Balaban J connectivity index is 2.67. The highest BCUT2D eigenvalue weighted by Gasteiger charge is 2.40. The molecular formula is C10H14ClNO6. The lowest BCUT2D eigenvalue weighted by atomic mass is 10.0. The minimum absolute atomic E-state index is 0.0952.